The predicted octanol–water partition coefficient (Wildman–Crippen LogP) is 5.95. The lowest BCUT2D eigenvalue weighted by molar-refractivity contribution is 0.103. The van der Waals surface area contributed by atoms with Crippen LogP contribution in [0.5, 0.6) is 0 Å². The van der Waals surface area contributed by atoms with E-state index in [1.807, 2.05) is 0 Å². The number of hydrogen-bond donors (Lipinski definition) is 2. The molecule has 0 aliphatic heterocycles. The summed E-state index contributed by atoms with van der Waals surface area (Å²) in [6, 6.07) is 12.5. The molecule has 1 heterocycles. The summed E-state index contributed by atoms with van der Waals surface area (Å²) in [6.07, 6.45) is 3.05. The van der Waals surface area contributed by atoms with E-state index in [9.17, 15) is 14.0 Å². The molecule has 6 nitrogen and oxygen atoms in total. The second kappa shape index (κ2) is 8.67. The number of aromatic nitrogens is 2. The van der Waals surface area contributed by atoms with E-state index in [1.54, 1.807) is 36.5 Å². The Balaban J connectivity index is 1.55. The quantitative estimate of drug-likeness (QED) is 0.373. The van der Waals surface area contributed by atoms with Crippen molar-refractivity contribution in [2.45, 2.75) is 0 Å². The third kappa shape index (κ3) is 4.63. The van der Waals surface area contributed by atoms with Gasteiger partial charge in [0.15, 0.2) is 5.78 Å². The van der Waals surface area contributed by atoms with Gasteiger partial charge in [0.1, 0.15) is 5.82 Å². The normalized spacial score (nSPS) is 10.7. The second-order valence-corrected chi connectivity index (χ2v) is 7.31. The van der Waals surface area contributed by atoms with Crippen LogP contribution < -0.4 is 10.6 Å². The first-order valence-electron chi connectivity index (χ1n) is 8.99. The highest BCUT2D eigenvalue weighted by molar-refractivity contribution is 6.42. The van der Waals surface area contributed by atoms with E-state index in [1.165, 1.54) is 24.4 Å². The Hall–Kier alpha value is -3.55. The monoisotopic (exact) mass is 454 g/mol. The van der Waals surface area contributed by atoms with Crippen LogP contribution in [-0.4, -0.2) is 21.8 Å². The average molecular weight is 455 g/mol. The van der Waals surface area contributed by atoms with Crippen molar-refractivity contribution in [1.29, 1.82) is 0 Å². The molecular weight excluding hydrogens is 442 g/mol. The van der Waals surface area contributed by atoms with Crippen molar-refractivity contribution in [1.82, 2.24) is 9.97 Å². The van der Waals surface area contributed by atoms with Crippen molar-refractivity contribution in [3.63, 3.8) is 0 Å². The molecule has 2 N–H and O–H groups in total. The maximum atomic E-state index is 14.4. The number of hydrogen-bond acceptors (Lipinski definition) is 4. The van der Waals surface area contributed by atoms with Crippen LogP contribution in [0.25, 0.3) is 11.0 Å². The zero-order chi connectivity index (χ0) is 22.0. The Morgan fingerprint density at radius 3 is 2.19 bits per heavy atom. The van der Waals surface area contributed by atoms with E-state index >= 15 is 0 Å². The molecule has 3 aromatic carbocycles. The summed E-state index contributed by atoms with van der Waals surface area (Å²) in [5.41, 5.74) is 1.86. The zero-order valence-electron chi connectivity index (χ0n) is 15.7. The fourth-order valence-corrected chi connectivity index (χ4v) is 3.20. The SMILES string of the molecule is O=C(Nc1ccc(Cl)c(Cl)c1)Nc1ccc(F)c(C(=O)c2ccc3nccnc3c2)c1. The molecule has 31 heavy (non-hydrogen) atoms. The van der Waals surface area contributed by atoms with Crippen molar-refractivity contribution >= 4 is 57.4 Å². The van der Waals surface area contributed by atoms with Crippen LogP contribution in [0.3, 0.4) is 0 Å². The maximum absolute atomic E-state index is 14.4. The first-order valence-corrected chi connectivity index (χ1v) is 9.74. The Labute approximate surface area is 186 Å². The minimum Gasteiger partial charge on any atom is -0.308 e. The zero-order valence-corrected chi connectivity index (χ0v) is 17.2. The number of fused-ring (bicyclic) bond motifs is 1. The Kier molecular flexibility index (Phi) is 5.79. The number of ketones is 1. The number of carbonyl (C=O) groups is 2. The molecule has 0 fully saturated rings. The minimum atomic E-state index is -0.709. The summed E-state index contributed by atoms with van der Waals surface area (Å²) >= 11 is 11.8. The summed E-state index contributed by atoms with van der Waals surface area (Å²) in [7, 11) is 0. The van der Waals surface area contributed by atoms with Gasteiger partial charge in [-0.3, -0.25) is 14.8 Å². The number of urea groups is 1. The van der Waals surface area contributed by atoms with Gasteiger partial charge in [-0.15, -0.1) is 0 Å². The van der Waals surface area contributed by atoms with E-state index in [0.29, 0.717) is 21.7 Å². The Bertz CT molecular complexity index is 1330. The lowest BCUT2D eigenvalue weighted by atomic mass is 10.0. The predicted molar refractivity (Wildman–Crippen MR) is 118 cm³/mol. The van der Waals surface area contributed by atoms with Crippen molar-refractivity contribution in [3.05, 3.63) is 94.0 Å². The first kappa shape index (κ1) is 20.7. The molecule has 0 saturated heterocycles. The van der Waals surface area contributed by atoms with Crippen LogP contribution in [0.2, 0.25) is 10.0 Å². The van der Waals surface area contributed by atoms with E-state index in [0.717, 1.165) is 6.07 Å². The Morgan fingerprint density at radius 2 is 1.45 bits per heavy atom. The molecule has 0 saturated carbocycles. The summed E-state index contributed by atoms with van der Waals surface area (Å²) in [5.74, 6) is -1.25. The third-order valence-corrected chi connectivity index (χ3v) is 5.12. The number of halogens is 3. The summed E-state index contributed by atoms with van der Waals surface area (Å²) in [6.45, 7) is 0. The molecule has 4 rings (SSSR count). The van der Waals surface area contributed by atoms with Gasteiger partial charge in [0.05, 0.1) is 26.6 Å². The van der Waals surface area contributed by atoms with Crippen LogP contribution >= 0.6 is 23.2 Å². The topological polar surface area (TPSA) is 84.0 Å². The minimum absolute atomic E-state index is 0.185. The smallest absolute Gasteiger partial charge is 0.308 e. The summed E-state index contributed by atoms with van der Waals surface area (Å²) in [4.78, 5) is 33.4. The summed E-state index contributed by atoms with van der Waals surface area (Å²) in [5, 5.41) is 5.79. The highest BCUT2D eigenvalue weighted by Gasteiger charge is 2.16. The number of carbonyl (C=O) groups excluding carboxylic acids is 2. The highest BCUT2D eigenvalue weighted by atomic mass is 35.5. The molecule has 0 spiro atoms. The molecule has 9 heteroatoms. The van der Waals surface area contributed by atoms with Gasteiger partial charge >= 0.3 is 6.03 Å². The standard InChI is InChI=1S/C22H13Cl2FN4O2/c23-16-4-2-14(11-17(16)24)29-22(31)28-13-3-5-18(25)15(10-13)21(30)12-1-6-19-20(9-12)27-8-7-26-19/h1-11H,(H2,28,29,31). The van der Waals surface area contributed by atoms with Crippen molar-refractivity contribution < 1.29 is 14.0 Å². The summed E-state index contributed by atoms with van der Waals surface area (Å²) < 4.78 is 14.4. The molecule has 154 valence electrons. The lowest BCUT2D eigenvalue weighted by Gasteiger charge is -2.10. The van der Waals surface area contributed by atoms with E-state index in [4.69, 9.17) is 23.2 Å². The fourth-order valence-electron chi connectivity index (χ4n) is 2.90. The number of benzene rings is 3. The first-order chi connectivity index (χ1) is 14.9. The van der Waals surface area contributed by atoms with Gasteiger partial charge in [-0.25, -0.2) is 9.18 Å². The molecule has 0 aliphatic rings. The number of anilines is 2. The van der Waals surface area contributed by atoms with Crippen molar-refractivity contribution in [2.75, 3.05) is 10.6 Å². The fraction of sp³-hybridized carbons (Fsp3) is 0. The largest absolute Gasteiger partial charge is 0.323 e. The number of amides is 2. The van der Waals surface area contributed by atoms with Crippen LogP contribution in [0, 0.1) is 5.82 Å². The average Bonchev–Trinajstić information content (AvgIpc) is 2.77. The van der Waals surface area contributed by atoms with E-state index in [2.05, 4.69) is 20.6 Å². The second-order valence-electron chi connectivity index (χ2n) is 6.49. The van der Waals surface area contributed by atoms with Crippen molar-refractivity contribution in [3.8, 4) is 0 Å². The molecule has 2 amide bonds. The van der Waals surface area contributed by atoms with Gasteiger partial charge in [-0.05, 0) is 54.6 Å². The molecular formula is C22H13Cl2FN4O2. The number of rotatable bonds is 4. The molecule has 0 aliphatic carbocycles. The molecule has 1 aromatic heterocycles. The Morgan fingerprint density at radius 1 is 0.774 bits per heavy atom. The lowest BCUT2D eigenvalue weighted by Crippen LogP contribution is -2.19. The van der Waals surface area contributed by atoms with Crippen LogP contribution in [0.4, 0.5) is 20.6 Å². The maximum Gasteiger partial charge on any atom is 0.323 e. The van der Waals surface area contributed by atoms with Gasteiger partial charge in [0, 0.05) is 29.3 Å². The number of nitrogens with zero attached hydrogens (tertiary/aromatic N) is 2. The molecule has 0 atom stereocenters. The van der Waals surface area contributed by atoms with Crippen LogP contribution in [0.15, 0.2) is 67.0 Å². The molecule has 4 aromatic rings. The van der Waals surface area contributed by atoms with Gasteiger partial charge in [0.25, 0.3) is 0 Å². The van der Waals surface area contributed by atoms with E-state index < -0.39 is 17.6 Å². The highest BCUT2D eigenvalue weighted by Crippen LogP contribution is 2.25. The van der Waals surface area contributed by atoms with Crippen molar-refractivity contribution in [2.24, 2.45) is 0 Å². The molecule has 0 bridgehead atoms. The van der Waals surface area contributed by atoms with Crippen LogP contribution in [-0.2, 0) is 0 Å². The van der Waals surface area contributed by atoms with Gasteiger partial charge in [-0.1, -0.05) is 23.2 Å². The molecule has 0 unspecified atom stereocenters. The van der Waals surface area contributed by atoms with Gasteiger partial charge < -0.3 is 10.6 Å². The van der Waals surface area contributed by atoms with Gasteiger partial charge in [0.2, 0.25) is 0 Å². The van der Waals surface area contributed by atoms with Crippen LogP contribution in [0.1, 0.15) is 15.9 Å². The van der Waals surface area contributed by atoms with E-state index in [-0.39, 0.29) is 21.8 Å². The third-order valence-electron chi connectivity index (χ3n) is 4.38. The number of nitrogens with one attached hydrogen (secondary N) is 2. The van der Waals surface area contributed by atoms with Gasteiger partial charge in [-0.2, -0.15) is 0 Å². The molecule has 0 radical (unpaired) electrons.